The molecule has 0 heterocycles. The molecule has 0 atom stereocenters. The quantitative estimate of drug-likeness (QED) is 0.0518. The SMILES string of the molecule is [CH2]C([CH2])([CH2])C(CCCCCCCCCCCCCCCCCC)(CCCCCCCCCCCCCCCCCC)OP(O)O. The van der Waals surface area contributed by atoms with Crippen LogP contribution in [0.1, 0.15) is 232 Å². The first kappa shape index (κ1) is 45.3. The van der Waals surface area contributed by atoms with Gasteiger partial charge in [0.25, 0.3) is 0 Å². The third kappa shape index (κ3) is 29.0. The molecular weight excluding hydrogens is 571 g/mol. The largest absolute Gasteiger partial charge is 0.328 e. The number of hydrogen-bond acceptors (Lipinski definition) is 3. The Morgan fingerprint density at radius 3 is 0.756 bits per heavy atom. The Bertz CT molecular complexity index is 538. The van der Waals surface area contributed by atoms with Gasteiger partial charge in [0.05, 0.1) is 5.60 Å². The van der Waals surface area contributed by atoms with Crippen LogP contribution in [0.2, 0.25) is 0 Å². The molecule has 2 N–H and O–H groups in total. The first-order valence-corrected chi connectivity index (χ1v) is 21.4. The van der Waals surface area contributed by atoms with Gasteiger partial charge in [-0.15, -0.1) is 0 Å². The molecule has 269 valence electrons. The van der Waals surface area contributed by atoms with Crippen molar-refractivity contribution in [1.82, 2.24) is 0 Å². The van der Waals surface area contributed by atoms with E-state index < -0.39 is 19.6 Å². The highest BCUT2D eigenvalue weighted by Gasteiger charge is 2.44. The van der Waals surface area contributed by atoms with Crippen LogP contribution in [0.5, 0.6) is 0 Å². The average Bonchev–Trinajstić information content (AvgIpc) is 2.99. The minimum atomic E-state index is -2.46. The molecule has 0 bridgehead atoms. The normalized spacial score (nSPS) is 12.5. The van der Waals surface area contributed by atoms with Crippen molar-refractivity contribution in [1.29, 1.82) is 0 Å². The van der Waals surface area contributed by atoms with Crippen LogP contribution in [0, 0.1) is 26.2 Å². The van der Waals surface area contributed by atoms with Crippen molar-refractivity contribution in [2.24, 2.45) is 5.41 Å². The van der Waals surface area contributed by atoms with Gasteiger partial charge in [-0.3, -0.25) is 0 Å². The minimum Gasteiger partial charge on any atom is -0.328 e. The first-order chi connectivity index (χ1) is 21.8. The molecule has 0 aromatic carbocycles. The Morgan fingerprint density at radius 1 is 0.378 bits per heavy atom. The molecular formula is C41H82O3P. The Labute approximate surface area is 286 Å². The molecule has 0 spiro atoms. The highest BCUT2D eigenvalue weighted by molar-refractivity contribution is 7.39. The van der Waals surface area contributed by atoms with Crippen molar-refractivity contribution in [3.05, 3.63) is 20.8 Å². The summed E-state index contributed by atoms with van der Waals surface area (Å²) in [6.45, 7) is 17.2. The van der Waals surface area contributed by atoms with E-state index in [1.165, 1.54) is 180 Å². The minimum absolute atomic E-state index is 0.751. The summed E-state index contributed by atoms with van der Waals surface area (Å²) in [6, 6.07) is 0. The molecule has 3 nitrogen and oxygen atoms in total. The van der Waals surface area contributed by atoms with Gasteiger partial charge in [0, 0.05) is 0 Å². The molecule has 45 heavy (non-hydrogen) atoms. The van der Waals surface area contributed by atoms with Crippen LogP contribution < -0.4 is 0 Å². The smallest absolute Gasteiger partial charge is 0.327 e. The molecule has 0 amide bonds. The van der Waals surface area contributed by atoms with E-state index in [-0.39, 0.29) is 0 Å². The van der Waals surface area contributed by atoms with E-state index in [0.29, 0.717) is 0 Å². The second-order valence-corrected chi connectivity index (χ2v) is 15.4. The van der Waals surface area contributed by atoms with Crippen molar-refractivity contribution < 1.29 is 14.3 Å². The van der Waals surface area contributed by atoms with E-state index in [4.69, 9.17) is 4.52 Å². The number of hydrogen-bond donors (Lipinski definition) is 2. The maximum absolute atomic E-state index is 9.84. The van der Waals surface area contributed by atoms with Crippen LogP contribution in [0.3, 0.4) is 0 Å². The summed E-state index contributed by atoms with van der Waals surface area (Å²) in [6.07, 6.45) is 44.4. The molecule has 0 aliphatic rings. The average molecular weight is 654 g/mol. The topological polar surface area (TPSA) is 49.7 Å². The van der Waals surface area contributed by atoms with Gasteiger partial charge in [-0.05, 0) is 39.0 Å². The summed E-state index contributed by atoms with van der Waals surface area (Å²) in [4.78, 5) is 19.7. The number of unbranched alkanes of at least 4 members (excludes halogenated alkanes) is 30. The summed E-state index contributed by atoms with van der Waals surface area (Å²) in [5, 5.41) is 0. The van der Waals surface area contributed by atoms with Crippen molar-refractivity contribution in [3.8, 4) is 0 Å². The maximum atomic E-state index is 9.84. The predicted octanol–water partition coefficient (Wildman–Crippen LogP) is 14.7. The van der Waals surface area contributed by atoms with Crippen molar-refractivity contribution >= 4 is 8.60 Å². The molecule has 0 aromatic heterocycles. The van der Waals surface area contributed by atoms with E-state index in [0.717, 1.165) is 38.5 Å². The summed E-state index contributed by atoms with van der Waals surface area (Å²) in [5.74, 6) is 0. The van der Waals surface area contributed by atoms with Crippen molar-refractivity contribution in [2.45, 2.75) is 238 Å². The molecule has 0 aliphatic heterocycles. The van der Waals surface area contributed by atoms with Crippen LogP contribution >= 0.6 is 8.60 Å². The molecule has 0 saturated heterocycles. The van der Waals surface area contributed by atoms with Gasteiger partial charge in [-0.1, -0.05) is 219 Å². The highest BCUT2D eigenvalue weighted by atomic mass is 31.2. The predicted molar refractivity (Wildman–Crippen MR) is 202 cm³/mol. The van der Waals surface area contributed by atoms with Crippen LogP contribution in [-0.2, 0) is 4.52 Å². The standard InChI is InChI=1S/C41H82O3P/c1-6-8-10-12-14-16-18-20-22-24-26-28-30-32-34-36-38-41(40(3,4)5,44-45(42)43)39-37-35-33-31-29-27-25-23-21-19-17-15-13-11-9-7-2/h42-43H,3-39H2,1-2H3. The van der Waals surface area contributed by atoms with Gasteiger partial charge in [0.2, 0.25) is 0 Å². The summed E-state index contributed by atoms with van der Waals surface area (Å²) >= 11 is 0. The lowest BCUT2D eigenvalue weighted by Crippen LogP contribution is -2.45. The van der Waals surface area contributed by atoms with E-state index in [9.17, 15) is 9.79 Å². The van der Waals surface area contributed by atoms with Crippen LogP contribution in [0.25, 0.3) is 0 Å². The highest BCUT2D eigenvalue weighted by Crippen LogP contribution is 2.48. The summed E-state index contributed by atoms with van der Waals surface area (Å²) < 4.78 is 5.84. The van der Waals surface area contributed by atoms with Crippen LogP contribution in [0.15, 0.2) is 0 Å². The summed E-state index contributed by atoms with van der Waals surface area (Å²) in [7, 11) is -2.46. The first-order valence-electron chi connectivity index (χ1n) is 20.2. The Kier molecular flexibility index (Phi) is 33.1. The molecule has 0 fully saturated rings. The lowest BCUT2D eigenvalue weighted by Gasteiger charge is -2.44. The van der Waals surface area contributed by atoms with Gasteiger partial charge in [0.15, 0.2) is 0 Å². The maximum Gasteiger partial charge on any atom is 0.327 e. The van der Waals surface area contributed by atoms with Crippen molar-refractivity contribution in [3.63, 3.8) is 0 Å². The second kappa shape index (κ2) is 32.8. The Morgan fingerprint density at radius 2 is 0.578 bits per heavy atom. The zero-order chi connectivity index (χ0) is 33.3. The summed E-state index contributed by atoms with van der Waals surface area (Å²) in [5.41, 5.74) is -1.63. The van der Waals surface area contributed by atoms with E-state index >= 15 is 0 Å². The third-order valence-corrected chi connectivity index (χ3v) is 10.6. The van der Waals surface area contributed by atoms with E-state index in [1.54, 1.807) is 0 Å². The van der Waals surface area contributed by atoms with E-state index in [2.05, 4.69) is 34.6 Å². The van der Waals surface area contributed by atoms with Crippen molar-refractivity contribution in [2.75, 3.05) is 0 Å². The second-order valence-electron chi connectivity index (χ2n) is 14.7. The number of rotatable bonds is 37. The fourth-order valence-electron chi connectivity index (χ4n) is 6.92. The zero-order valence-corrected chi connectivity index (χ0v) is 31.8. The lowest BCUT2D eigenvalue weighted by atomic mass is 9.70. The van der Waals surface area contributed by atoms with E-state index in [1.807, 2.05) is 0 Å². The monoisotopic (exact) mass is 654 g/mol. The third-order valence-electron chi connectivity index (χ3n) is 10.1. The van der Waals surface area contributed by atoms with Gasteiger partial charge >= 0.3 is 8.60 Å². The molecule has 0 aromatic rings. The van der Waals surface area contributed by atoms with Gasteiger partial charge in [-0.2, -0.15) is 0 Å². The molecule has 0 aliphatic carbocycles. The Hall–Kier alpha value is 0.310. The Balaban J connectivity index is 3.98. The molecule has 0 unspecified atom stereocenters. The fraction of sp³-hybridized carbons (Fsp3) is 0.927. The van der Waals surface area contributed by atoms with Crippen LogP contribution in [0.4, 0.5) is 0 Å². The fourth-order valence-corrected chi connectivity index (χ4v) is 7.61. The molecule has 0 rings (SSSR count). The van der Waals surface area contributed by atoms with Gasteiger partial charge in [-0.25, -0.2) is 0 Å². The van der Waals surface area contributed by atoms with Gasteiger partial charge < -0.3 is 14.3 Å². The van der Waals surface area contributed by atoms with Gasteiger partial charge in [0.1, 0.15) is 0 Å². The lowest BCUT2D eigenvalue weighted by molar-refractivity contribution is -0.0225. The molecule has 4 heteroatoms. The molecule has 3 radical (unpaired) electrons. The zero-order valence-electron chi connectivity index (χ0n) is 30.9. The van der Waals surface area contributed by atoms with Crippen LogP contribution in [-0.4, -0.2) is 15.4 Å². The molecule has 0 saturated carbocycles.